The Balaban J connectivity index is 0.953. The van der Waals surface area contributed by atoms with Gasteiger partial charge < -0.3 is 19.1 Å². The molecule has 0 amide bonds. The van der Waals surface area contributed by atoms with Gasteiger partial charge in [-0.25, -0.2) is 0 Å². The van der Waals surface area contributed by atoms with E-state index < -0.39 is 0 Å². The quantitative estimate of drug-likeness (QED) is 0.139. The van der Waals surface area contributed by atoms with E-state index in [9.17, 15) is 0 Å². The summed E-state index contributed by atoms with van der Waals surface area (Å²) in [6, 6.07) is 82.0. The van der Waals surface area contributed by atoms with Crippen LogP contribution in [0.1, 0.15) is 0 Å². The Hall–Kier alpha value is -7.82. The molecule has 0 aliphatic carbocycles. The fourth-order valence-electron chi connectivity index (χ4n) is 8.20. The van der Waals surface area contributed by atoms with Crippen LogP contribution in [-0.2, 0) is 0 Å². The van der Waals surface area contributed by atoms with Gasteiger partial charge in [-0.15, -0.1) is 0 Å². The largest absolute Gasteiger partial charge is 0.497 e. The number of fused-ring (bicyclic) bond motifs is 3. The number of ether oxygens (including phenoxy) is 1. The summed E-state index contributed by atoms with van der Waals surface area (Å²) in [7, 11) is 1.70. The maximum atomic E-state index is 5.44. The molecule has 4 heteroatoms. The lowest BCUT2D eigenvalue weighted by Gasteiger charge is -2.25. The Morgan fingerprint density at radius 1 is 0.322 bits per heavy atom. The topological polar surface area (TPSA) is 20.6 Å². The van der Waals surface area contributed by atoms with Crippen molar-refractivity contribution in [2.75, 3.05) is 16.9 Å². The van der Waals surface area contributed by atoms with Crippen molar-refractivity contribution in [2.45, 2.75) is 0 Å². The van der Waals surface area contributed by atoms with Gasteiger partial charge in [0.05, 0.1) is 18.1 Å². The van der Waals surface area contributed by atoms with Crippen LogP contribution in [0.25, 0.3) is 49.7 Å². The normalized spacial score (nSPS) is 11.1. The van der Waals surface area contributed by atoms with Crippen LogP contribution in [0.4, 0.5) is 34.1 Å². The molecule has 282 valence electrons. The van der Waals surface area contributed by atoms with Crippen molar-refractivity contribution in [3.63, 3.8) is 0 Å². The minimum absolute atomic E-state index is 0.836. The lowest BCUT2D eigenvalue weighted by Crippen LogP contribution is -2.09. The molecular formula is C55H41N3O. The molecule has 0 bridgehead atoms. The van der Waals surface area contributed by atoms with Crippen molar-refractivity contribution in [1.29, 1.82) is 0 Å². The molecule has 10 rings (SSSR count). The van der Waals surface area contributed by atoms with Gasteiger partial charge in [-0.2, -0.15) is 0 Å². The maximum Gasteiger partial charge on any atom is 0.119 e. The fourth-order valence-corrected chi connectivity index (χ4v) is 8.20. The summed E-state index contributed by atoms with van der Waals surface area (Å²) < 4.78 is 7.82. The number of rotatable bonds is 10. The first-order chi connectivity index (χ1) is 29.2. The lowest BCUT2D eigenvalue weighted by molar-refractivity contribution is 0.415. The van der Waals surface area contributed by atoms with Crippen molar-refractivity contribution >= 4 is 55.9 Å². The summed E-state index contributed by atoms with van der Waals surface area (Å²) in [5.41, 5.74) is 14.8. The van der Waals surface area contributed by atoms with Gasteiger partial charge in [-0.1, -0.05) is 115 Å². The first-order valence-corrected chi connectivity index (χ1v) is 20.0. The van der Waals surface area contributed by atoms with Crippen molar-refractivity contribution in [3.05, 3.63) is 231 Å². The zero-order valence-electron chi connectivity index (χ0n) is 32.7. The summed E-state index contributed by atoms with van der Waals surface area (Å²) in [6.45, 7) is 0. The minimum Gasteiger partial charge on any atom is -0.497 e. The molecule has 0 aliphatic heterocycles. The monoisotopic (exact) mass is 759 g/mol. The molecule has 0 radical (unpaired) electrons. The third-order valence-electron chi connectivity index (χ3n) is 11.1. The predicted molar refractivity (Wildman–Crippen MR) is 248 cm³/mol. The van der Waals surface area contributed by atoms with Crippen LogP contribution in [0.5, 0.6) is 5.75 Å². The molecule has 1 heterocycles. The molecule has 0 saturated heterocycles. The van der Waals surface area contributed by atoms with E-state index in [0.29, 0.717) is 0 Å². The average Bonchev–Trinajstić information content (AvgIpc) is 3.65. The molecule has 59 heavy (non-hydrogen) atoms. The summed E-state index contributed by atoms with van der Waals surface area (Å²) in [5, 5.41) is 2.46. The van der Waals surface area contributed by atoms with Gasteiger partial charge in [0, 0.05) is 50.6 Å². The van der Waals surface area contributed by atoms with Gasteiger partial charge in [0.1, 0.15) is 5.75 Å². The number of anilines is 6. The third-order valence-corrected chi connectivity index (χ3v) is 11.1. The van der Waals surface area contributed by atoms with Gasteiger partial charge in [-0.05, 0) is 138 Å². The summed E-state index contributed by atoms with van der Waals surface area (Å²) >= 11 is 0. The number of para-hydroxylation sites is 4. The Bertz CT molecular complexity index is 2940. The highest BCUT2D eigenvalue weighted by molar-refractivity contribution is 6.10. The van der Waals surface area contributed by atoms with Gasteiger partial charge in [0.15, 0.2) is 0 Å². The van der Waals surface area contributed by atoms with E-state index in [2.05, 4.69) is 227 Å². The second-order valence-corrected chi connectivity index (χ2v) is 14.6. The zero-order chi connectivity index (χ0) is 39.5. The van der Waals surface area contributed by atoms with Crippen LogP contribution in [0.2, 0.25) is 0 Å². The van der Waals surface area contributed by atoms with E-state index in [0.717, 1.165) is 45.6 Å². The number of hydrogen-bond acceptors (Lipinski definition) is 3. The van der Waals surface area contributed by atoms with Gasteiger partial charge in [-0.3, -0.25) is 0 Å². The standard InChI is InChI=1S/C55H41N3O/c1-59-51-36-34-49(35-37-51)57(46-17-9-4-10-18-46)48-30-25-42(26-31-48)43-27-38-55-53(39-43)52-19-11-12-20-54(52)58(55)50-32-23-41(24-33-50)40-21-28-47(29-22-40)56(44-13-5-2-6-14-44)45-15-7-3-8-16-45/h2-39H,1H3. The van der Waals surface area contributed by atoms with Crippen LogP contribution in [-0.4, -0.2) is 11.7 Å². The molecule has 0 atom stereocenters. The summed E-state index contributed by atoms with van der Waals surface area (Å²) in [6.07, 6.45) is 0. The highest BCUT2D eigenvalue weighted by Gasteiger charge is 2.16. The summed E-state index contributed by atoms with van der Waals surface area (Å²) in [5.74, 6) is 0.836. The second-order valence-electron chi connectivity index (χ2n) is 14.6. The van der Waals surface area contributed by atoms with E-state index in [1.54, 1.807) is 7.11 Å². The van der Waals surface area contributed by atoms with Gasteiger partial charge >= 0.3 is 0 Å². The van der Waals surface area contributed by atoms with E-state index in [-0.39, 0.29) is 0 Å². The maximum absolute atomic E-state index is 5.44. The van der Waals surface area contributed by atoms with Crippen LogP contribution < -0.4 is 14.5 Å². The number of methoxy groups -OCH3 is 1. The molecule has 9 aromatic carbocycles. The van der Waals surface area contributed by atoms with Gasteiger partial charge in [0.2, 0.25) is 0 Å². The highest BCUT2D eigenvalue weighted by atomic mass is 16.5. The Labute approximate surface area is 345 Å². The van der Waals surface area contributed by atoms with Crippen molar-refractivity contribution in [3.8, 4) is 33.7 Å². The Morgan fingerprint density at radius 3 is 1.19 bits per heavy atom. The molecule has 0 saturated carbocycles. The SMILES string of the molecule is COc1ccc(N(c2ccccc2)c2ccc(-c3ccc4c(c3)c3ccccc3n4-c3ccc(-c4ccc(N(c5ccccc5)c5ccccc5)cc4)cc3)cc2)cc1. The van der Waals surface area contributed by atoms with E-state index in [1.807, 2.05) is 18.2 Å². The Kier molecular flexibility index (Phi) is 9.41. The number of nitrogens with zero attached hydrogens (tertiary/aromatic N) is 3. The highest BCUT2D eigenvalue weighted by Crippen LogP contribution is 2.39. The van der Waals surface area contributed by atoms with E-state index in [4.69, 9.17) is 4.74 Å². The first-order valence-electron chi connectivity index (χ1n) is 20.0. The van der Waals surface area contributed by atoms with Crippen molar-refractivity contribution in [2.24, 2.45) is 0 Å². The minimum atomic E-state index is 0.836. The zero-order valence-corrected chi connectivity index (χ0v) is 32.7. The van der Waals surface area contributed by atoms with E-state index in [1.165, 1.54) is 44.1 Å². The number of aromatic nitrogens is 1. The smallest absolute Gasteiger partial charge is 0.119 e. The van der Waals surface area contributed by atoms with Crippen LogP contribution in [0.15, 0.2) is 231 Å². The van der Waals surface area contributed by atoms with Crippen LogP contribution in [0, 0.1) is 0 Å². The van der Waals surface area contributed by atoms with Crippen LogP contribution in [0.3, 0.4) is 0 Å². The summed E-state index contributed by atoms with van der Waals surface area (Å²) in [4.78, 5) is 4.56. The molecule has 4 nitrogen and oxygen atoms in total. The van der Waals surface area contributed by atoms with E-state index >= 15 is 0 Å². The number of hydrogen-bond donors (Lipinski definition) is 0. The van der Waals surface area contributed by atoms with Gasteiger partial charge in [0.25, 0.3) is 0 Å². The molecule has 0 aliphatic rings. The average molecular weight is 760 g/mol. The molecule has 0 N–H and O–H groups in total. The first kappa shape index (κ1) is 35.6. The fraction of sp³-hybridized carbons (Fsp3) is 0.0182. The Morgan fingerprint density at radius 2 is 0.695 bits per heavy atom. The molecule has 0 fully saturated rings. The third kappa shape index (κ3) is 6.87. The lowest BCUT2D eigenvalue weighted by atomic mass is 10.0. The second kappa shape index (κ2) is 15.6. The molecule has 0 unspecified atom stereocenters. The molecule has 0 spiro atoms. The predicted octanol–water partition coefficient (Wildman–Crippen LogP) is 15.1. The molecule has 10 aromatic rings. The van der Waals surface area contributed by atoms with Crippen molar-refractivity contribution < 1.29 is 4.74 Å². The molecular weight excluding hydrogens is 719 g/mol. The molecule has 1 aromatic heterocycles. The van der Waals surface area contributed by atoms with Crippen molar-refractivity contribution in [1.82, 2.24) is 4.57 Å². The van der Waals surface area contributed by atoms with Crippen LogP contribution >= 0.6 is 0 Å². The number of benzene rings is 9.